The van der Waals surface area contributed by atoms with Crippen LogP contribution in [0.3, 0.4) is 0 Å². The summed E-state index contributed by atoms with van der Waals surface area (Å²) < 4.78 is 42.7. The molecule has 0 bridgehead atoms. The first-order valence-electron chi connectivity index (χ1n) is 11.8. The molecule has 7 nitrogen and oxygen atoms in total. The molecule has 0 saturated carbocycles. The Hall–Kier alpha value is -3.43. The van der Waals surface area contributed by atoms with Gasteiger partial charge in [-0.2, -0.15) is 0 Å². The van der Waals surface area contributed by atoms with E-state index in [0.717, 1.165) is 4.31 Å². The van der Waals surface area contributed by atoms with Gasteiger partial charge in [0.25, 0.3) is 10.0 Å². The number of rotatable bonds is 11. The van der Waals surface area contributed by atoms with Gasteiger partial charge in [0.15, 0.2) is 0 Å². The van der Waals surface area contributed by atoms with Crippen molar-refractivity contribution in [1.82, 2.24) is 10.2 Å². The number of hydrogen-bond acceptors (Lipinski definition) is 4. The third kappa shape index (κ3) is 7.08. The standard InChI is InChI=1S/C27H29ClFN3O4S/c1-3-16-30-27(34)20(2)31(18-21-10-7-8-15-25(21)29)26(33)19-32(23-12-9-11-22(28)17-23)37(35,36)24-13-5-4-6-14-24/h4-15,17,20H,3,16,18-19H2,1-2H3,(H,30,34)/t20-/m1/s1. The summed E-state index contributed by atoms with van der Waals surface area (Å²) in [5.41, 5.74) is 0.379. The molecule has 196 valence electrons. The van der Waals surface area contributed by atoms with E-state index in [-0.39, 0.29) is 27.7 Å². The Morgan fingerprint density at radius 2 is 1.68 bits per heavy atom. The highest BCUT2D eigenvalue weighted by Gasteiger charge is 2.32. The number of hydrogen-bond donors (Lipinski definition) is 1. The Morgan fingerprint density at radius 1 is 1.00 bits per heavy atom. The summed E-state index contributed by atoms with van der Waals surface area (Å²) in [5, 5.41) is 3.03. The van der Waals surface area contributed by atoms with Crippen LogP contribution in [0.5, 0.6) is 0 Å². The van der Waals surface area contributed by atoms with Crippen LogP contribution in [0.4, 0.5) is 10.1 Å². The molecule has 2 amide bonds. The molecule has 0 fully saturated rings. The molecule has 0 aliphatic heterocycles. The quantitative estimate of drug-likeness (QED) is 0.381. The first kappa shape index (κ1) is 28.1. The van der Waals surface area contributed by atoms with E-state index < -0.39 is 40.2 Å². The number of nitrogens with one attached hydrogen (secondary N) is 1. The van der Waals surface area contributed by atoms with Crippen LogP contribution in [-0.2, 0) is 26.2 Å². The largest absolute Gasteiger partial charge is 0.354 e. The lowest BCUT2D eigenvalue weighted by atomic mass is 10.1. The summed E-state index contributed by atoms with van der Waals surface area (Å²) in [6.07, 6.45) is 0.692. The summed E-state index contributed by atoms with van der Waals surface area (Å²) in [7, 11) is -4.19. The topological polar surface area (TPSA) is 86.8 Å². The van der Waals surface area contributed by atoms with E-state index in [9.17, 15) is 22.4 Å². The molecule has 0 heterocycles. The molecule has 0 aromatic heterocycles. The van der Waals surface area contributed by atoms with Crippen LogP contribution in [0, 0.1) is 5.82 Å². The molecule has 37 heavy (non-hydrogen) atoms. The van der Waals surface area contributed by atoms with Gasteiger partial charge in [0, 0.05) is 23.7 Å². The molecular weight excluding hydrogens is 517 g/mol. The van der Waals surface area contributed by atoms with E-state index in [1.807, 2.05) is 6.92 Å². The van der Waals surface area contributed by atoms with Crippen LogP contribution in [0.25, 0.3) is 0 Å². The first-order chi connectivity index (χ1) is 17.6. The van der Waals surface area contributed by atoms with Crippen molar-refractivity contribution in [2.45, 2.75) is 37.8 Å². The fraction of sp³-hybridized carbons (Fsp3) is 0.259. The third-order valence-electron chi connectivity index (χ3n) is 5.72. The summed E-state index contributed by atoms with van der Waals surface area (Å²) in [5.74, 6) is -1.64. The molecule has 3 aromatic rings. The third-order valence-corrected chi connectivity index (χ3v) is 7.74. The van der Waals surface area contributed by atoms with E-state index in [2.05, 4.69) is 5.32 Å². The van der Waals surface area contributed by atoms with Gasteiger partial charge in [-0.15, -0.1) is 0 Å². The van der Waals surface area contributed by atoms with Crippen LogP contribution in [0.15, 0.2) is 83.8 Å². The highest BCUT2D eigenvalue weighted by Crippen LogP contribution is 2.27. The minimum absolute atomic E-state index is 0.0165. The number of anilines is 1. The zero-order valence-corrected chi connectivity index (χ0v) is 22.2. The van der Waals surface area contributed by atoms with Crippen molar-refractivity contribution < 1.29 is 22.4 Å². The van der Waals surface area contributed by atoms with Crippen molar-refractivity contribution in [3.05, 3.63) is 95.3 Å². The molecule has 0 radical (unpaired) electrons. The SMILES string of the molecule is CCCNC(=O)[C@@H](C)N(Cc1ccccc1F)C(=O)CN(c1cccc(Cl)c1)S(=O)(=O)c1ccccc1. The van der Waals surface area contributed by atoms with Crippen LogP contribution in [-0.4, -0.2) is 44.3 Å². The van der Waals surface area contributed by atoms with Gasteiger partial charge in [-0.3, -0.25) is 13.9 Å². The van der Waals surface area contributed by atoms with E-state index in [1.165, 1.54) is 54.3 Å². The van der Waals surface area contributed by atoms with Gasteiger partial charge in [0.1, 0.15) is 18.4 Å². The Labute approximate surface area is 221 Å². The molecular formula is C27H29ClFN3O4S. The highest BCUT2D eigenvalue weighted by atomic mass is 35.5. The summed E-state index contributed by atoms with van der Waals surface area (Å²) in [6, 6.07) is 18.8. The summed E-state index contributed by atoms with van der Waals surface area (Å²) in [4.78, 5) is 27.7. The molecule has 1 atom stereocenters. The second-order valence-corrected chi connectivity index (χ2v) is 10.7. The fourth-order valence-corrected chi connectivity index (χ4v) is 5.28. The molecule has 3 aromatic carbocycles. The minimum atomic E-state index is -4.19. The molecule has 0 aliphatic carbocycles. The van der Waals surface area contributed by atoms with Crippen LogP contribution in [0.2, 0.25) is 5.02 Å². The number of halogens is 2. The van der Waals surface area contributed by atoms with Gasteiger partial charge < -0.3 is 10.2 Å². The van der Waals surface area contributed by atoms with Gasteiger partial charge in [-0.05, 0) is 49.7 Å². The average Bonchev–Trinajstić information content (AvgIpc) is 2.89. The monoisotopic (exact) mass is 545 g/mol. The van der Waals surface area contributed by atoms with Crippen molar-refractivity contribution in [3.63, 3.8) is 0 Å². The Bertz CT molecular complexity index is 1340. The fourth-order valence-electron chi connectivity index (χ4n) is 3.67. The maximum absolute atomic E-state index is 14.5. The maximum Gasteiger partial charge on any atom is 0.264 e. The molecule has 3 rings (SSSR count). The average molecular weight is 546 g/mol. The first-order valence-corrected chi connectivity index (χ1v) is 13.6. The molecule has 10 heteroatoms. The smallest absolute Gasteiger partial charge is 0.264 e. The van der Waals surface area contributed by atoms with Gasteiger partial charge in [-0.1, -0.05) is 61.0 Å². The Morgan fingerprint density at radius 3 is 2.32 bits per heavy atom. The highest BCUT2D eigenvalue weighted by molar-refractivity contribution is 7.92. The summed E-state index contributed by atoms with van der Waals surface area (Å²) >= 11 is 6.14. The van der Waals surface area contributed by atoms with Gasteiger partial charge in [-0.25, -0.2) is 12.8 Å². The van der Waals surface area contributed by atoms with Gasteiger partial charge in [0.2, 0.25) is 11.8 Å². The van der Waals surface area contributed by atoms with E-state index in [4.69, 9.17) is 11.6 Å². The molecule has 0 unspecified atom stereocenters. The lowest BCUT2D eigenvalue weighted by molar-refractivity contribution is -0.139. The van der Waals surface area contributed by atoms with Crippen molar-refractivity contribution in [2.75, 3.05) is 17.4 Å². The predicted octanol–water partition coefficient (Wildman–Crippen LogP) is 4.62. The van der Waals surface area contributed by atoms with Crippen molar-refractivity contribution in [2.24, 2.45) is 0 Å². The second kappa shape index (κ2) is 12.7. The number of amides is 2. The van der Waals surface area contributed by atoms with Crippen LogP contribution < -0.4 is 9.62 Å². The van der Waals surface area contributed by atoms with Gasteiger partial charge >= 0.3 is 0 Å². The lowest BCUT2D eigenvalue weighted by Crippen LogP contribution is -2.51. The normalized spacial score (nSPS) is 12.0. The number of nitrogens with zero attached hydrogens (tertiary/aromatic N) is 2. The van der Waals surface area contributed by atoms with Crippen molar-refractivity contribution in [1.29, 1.82) is 0 Å². The molecule has 0 saturated heterocycles. The molecule has 0 aliphatic rings. The maximum atomic E-state index is 14.5. The number of sulfonamides is 1. The van der Waals surface area contributed by atoms with E-state index in [0.29, 0.717) is 13.0 Å². The Balaban J connectivity index is 2.02. The minimum Gasteiger partial charge on any atom is -0.354 e. The zero-order valence-electron chi connectivity index (χ0n) is 20.6. The van der Waals surface area contributed by atoms with Gasteiger partial charge in [0.05, 0.1) is 10.6 Å². The van der Waals surface area contributed by atoms with Crippen molar-refractivity contribution in [3.8, 4) is 0 Å². The van der Waals surface area contributed by atoms with E-state index in [1.54, 1.807) is 36.4 Å². The molecule has 0 spiro atoms. The Kier molecular flexibility index (Phi) is 9.66. The molecule has 1 N–H and O–H groups in total. The number of carbonyl (C=O) groups is 2. The van der Waals surface area contributed by atoms with Crippen molar-refractivity contribution >= 4 is 39.1 Å². The van der Waals surface area contributed by atoms with E-state index >= 15 is 0 Å². The summed E-state index contributed by atoms with van der Waals surface area (Å²) in [6.45, 7) is 2.98. The number of carbonyl (C=O) groups excluding carboxylic acids is 2. The van der Waals surface area contributed by atoms with Crippen LogP contribution in [0.1, 0.15) is 25.8 Å². The predicted molar refractivity (Wildman–Crippen MR) is 142 cm³/mol. The second-order valence-electron chi connectivity index (χ2n) is 8.38. The zero-order chi connectivity index (χ0) is 27.0. The van der Waals surface area contributed by atoms with Crippen LogP contribution >= 0.6 is 11.6 Å². The lowest BCUT2D eigenvalue weighted by Gasteiger charge is -2.32. The number of benzene rings is 3.